The topological polar surface area (TPSA) is 75.6 Å². The second-order valence-corrected chi connectivity index (χ2v) is 5.48. The van der Waals surface area contributed by atoms with Gasteiger partial charge in [-0.15, -0.1) is 0 Å². The molecule has 0 aliphatic carbocycles. The molecule has 0 amide bonds. The van der Waals surface area contributed by atoms with Gasteiger partial charge in [0.15, 0.2) is 0 Å². The van der Waals surface area contributed by atoms with Gasteiger partial charge in [0.2, 0.25) is 0 Å². The van der Waals surface area contributed by atoms with Crippen LogP contribution in [0.3, 0.4) is 0 Å². The summed E-state index contributed by atoms with van der Waals surface area (Å²) in [6, 6.07) is 6.79. The third kappa shape index (κ3) is 5.84. The first kappa shape index (κ1) is 16.2. The quantitative estimate of drug-likeness (QED) is 0.617. The average molecular weight is 279 g/mol. The molecule has 0 saturated carbocycles. The zero-order chi connectivity index (χ0) is 15.2. The highest BCUT2D eigenvalue weighted by Crippen LogP contribution is 2.09. The predicted molar refractivity (Wildman–Crippen MR) is 75.6 cm³/mol. The Hall–Kier alpha value is -1.88. The molecule has 2 N–H and O–H groups in total. The van der Waals surface area contributed by atoms with E-state index in [1.165, 1.54) is 0 Å². The first-order chi connectivity index (χ1) is 9.29. The van der Waals surface area contributed by atoms with Crippen molar-refractivity contribution in [2.24, 2.45) is 0 Å². The van der Waals surface area contributed by atoms with Gasteiger partial charge in [0.05, 0.1) is 12.0 Å². The van der Waals surface area contributed by atoms with Crippen LogP contribution in [0.1, 0.15) is 43.1 Å². The SMILES string of the molecule is CC(C)(C)OC(=O)CCNCc1ccccc1C(=O)O. The summed E-state index contributed by atoms with van der Waals surface area (Å²) >= 11 is 0. The summed E-state index contributed by atoms with van der Waals surface area (Å²) in [5.41, 5.74) is 0.494. The largest absolute Gasteiger partial charge is 0.478 e. The lowest BCUT2D eigenvalue weighted by atomic mass is 10.1. The van der Waals surface area contributed by atoms with E-state index in [0.717, 1.165) is 0 Å². The lowest BCUT2D eigenvalue weighted by Crippen LogP contribution is -2.26. The number of aromatic carboxylic acids is 1. The van der Waals surface area contributed by atoms with E-state index in [9.17, 15) is 9.59 Å². The Kier molecular flexibility index (Phi) is 5.70. The lowest BCUT2D eigenvalue weighted by Gasteiger charge is -2.19. The van der Waals surface area contributed by atoms with Crippen molar-refractivity contribution in [2.45, 2.75) is 39.3 Å². The molecule has 0 heterocycles. The first-order valence-corrected chi connectivity index (χ1v) is 6.53. The van der Waals surface area contributed by atoms with Crippen LogP contribution in [0, 0.1) is 0 Å². The highest BCUT2D eigenvalue weighted by atomic mass is 16.6. The Bertz CT molecular complexity index is 477. The molecular weight excluding hydrogens is 258 g/mol. The van der Waals surface area contributed by atoms with Crippen molar-refractivity contribution in [1.82, 2.24) is 5.32 Å². The molecule has 1 rings (SSSR count). The van der Waals surface area contributed by atoms with Gasteiger partial charge in [-0.2, -0.15) is 0 Å². The number of esters is 1. The number of benzene rings is 1. The van der Waals surface area contributed by atoms with E-state index >= 15 is 0 Å². The molecule has 5 nitrogen and oxygen atoms in total. The van der Waals surface area contributed by atoms with Crippen LogP contribution in [0.2, 0.25) is 0 Å². The van der Waals surface area contributed by atoms with Crippen LogP contribution >= 0.6 is 0 Å². The molecule has 0 aliphatic heterocycles. The molecule has 1 aromatic rings. The highest BCUT2D eigenvalue weighted by molar-refractivity contribution is 5.89. The van der Waals surface area contributed by atoms with Crippen molar-refractivity contribution in [1.29, 1.82) is 0 Å². The zero-order valence-corrected chi connectivity index (χ0v) is 12.1. The van der Waals surface area contributed by atoms with E-state index in [0.29, 0.717) is 18.7 Å². The van der Waals surface area contributed by atoms with Crippen LogP contribution in [0.15, 0.2) is 24.3 Å². The van der Waals surface area contributed by atoms with Crippen molar-refractivity contribution < 1.29 is 19.4 Å². The molecule has 0 aromatic heterocycles. The van der Waals surface area contributed by atoms with Gasteiger partial charge in [-0.1, -0.05) is 18.2 Å². The Labute approximate surface area is 118 Å². The van der Waals surface area contributed by atoms with Crippen molar-refractivity contribution in [3.8, 4) is 0 Å². The molecule has 20 heavy (non-hydrogen) atoms. The Morgan fingerprint density at radius 2 is 1.90 bits per heavy atom. The number of rotatable bonds is 6. The smallest absolute Gasteiger partial charge is 0.336 e. The molecule has 0 spiro atoms. The number of carboxylic acid groups (broad SMARTS) is 1. The zero-order valence-electron chi connectivity index (χ0n) is 12.1. The van der Waals surface area contributed by atoms with Gasteiger partial charge in [-0.25, -0.2) is 4.79 Å². The summed E-state index contributed by atoms with van der Waals surface area (Å²) in [5.74, 6) is -1.22. The Morgan fingerprint density at radius 3 is 2.50 bits per heavy atom. The maximum Gasteiger partial charge on any atom is 0.336 e. The fourth-order valence-electron chi connectivity index (χ4n) is 1.69. The second kappa shape index (κ2) is 7.05. The van der Waals surface area contributed by atoms with Crippen molar-refractivity contribution in [3.63, 3.8) is 0 Å². The van der Waals surface area contributed by atoms with E-state index in [-0.39, 0.29) is 18.0 Å². The number of carbonyl (C=O) groups is 2. The molecule has 5 heteroatoms. The van der Waals surface area contributed by atoms with Crippen LogP contribution in [0.4, 0.5) is 0 Å². The van der Waals surface area contributed by atoms with E-state index in [1.807, 2.05) is 20.8 Å². The molecule has 0 aliphatic rings. The molecule has 0 fully saturated rings. The maximum absolute atomic E-state index is 11.5. The summed E-state index contributed by atoms with van der Waals surface area (Å²) in [7, 11) is 0. The number of carbonyl (C=O) groups excluding carboxylic acids is 1. The summed E-state index contributed by atoms with van der Waals surface area (Å²) in [4.78, 5) is 22.5. The summed E-state index contributed by atoms with van der Waals surface area (Å²) in [6.07, 6.45) is 0.256. The number of hydrogen-bond acceptors (Lipinski definition) is 4. The van der Waals surface area contributed by atoms with Crippen molar-refractivity contribution in [3.05, 3.63) is 35.4 Å². The van der Waals surface area contributed by atoms with E-state index < -0.39 is 11.6 Å². The van der Waals surface area contributed by atoms with Crippen LogP contribution in [0.25, 0.3) is 0 Å². The van der Waals surface area contributed by atoms with Gasteiger partial charge in [-0.3, -0.25) is 4.79 Å². The third-order valence-corrected chi connectivity index (χ3v) is 2.49. The summed E-state index contributed by atoms with van der Waals surface area (Å²) < 4.78 is 5.18. The minimum absolute atomic E-state index is 0.256. The molecule has 0 unspecified atom stereocenters. The minimum atomic E-state index is -0.949. The average Bonchev–Trinajstić information content (AvgIpc) is 2.33. The Balaban J connectivity index is 2.39. The van der Waals surface area contributed by atoms with Crippen LogP contribution in [-0.4, -0.2) is 29.2 Å². The fourth-order valence-corrected chi connectivity index (χ4v) is 1.69. The standard InChI is InChI=1S/C15H21NO4/c1-15(2,3)20-13(17)8-9-16-10-11-6-4-5-7-12(11)14(18)19/h4-7,16H,8-10H2,1-3H3,(H,18,19). The van der Waals surface area contributed by atoms with Gasteiger partial charge in [0.25, 0.3) is 0 Å². The van der Waals surface area contributed by atoms with Gasteiger partial charge in [0.1, 0.15) is 5.60 Å². The summed E-state index contributed by atoms with van der Waals surface area (Å²) in [6.45, 7) is 6.32. The predicted octanol–water partition coefficient (Wildman–Crippen LogP) is 2.21. The normalized spacial score (nSPS) is 11.2. The lowest BCUT2D eigenvalue weighted by molar-refractivity contribution is -0.154. The fraction of sp³-hybridized carbons (Fsp3) is 0.467. The maximum atomic E-state index is 11.5. The van der Waals surface area contributed by atoms with Crippen LogP contribution in [0.5, 0.6) is 0 Å². The van der Waals surface area contributed by atoms with Gasteiger partial charge < -0.3 is 15.2 Å². The van der Waals surface area contributed by atoms with Gasteiger partial charge >= 0.3 is 11.9 Å². The molecule has 0 bridgehead atoms. The highest BCUT2D eigenvalue weighted by Gasteiger charge is 2.15. The third-order valence-electron chi connectivity index (χ3n) is 2.49. The molecule has 0 saturated heterocycles. The molecule has 110 valence electrons. The van der Waals surface area contributed by atoms with E-state index in [1.54, 1.807) is 24.3 Å². The van der Waals surface area contributed by atoms with Crippen LogP contribution in [-0.2, 0) is 16.1 Å². The van der Waals surface area contributed by atoms with Crippen molar-refractivity contribution >= 4 is 11.9 Å². The second-order valence-electron chi connectivity index (χ2n) is 5.48. The summed E-state index contributed by atoms with van der Waals surface area (Å²) in [5, 5.41) is 12.1. The number of carboxylic acids is 1. The number of ether oxygens (including phenoxy) is 1. The molecule has 0 radical (unpaired) electrons. The van der Waals surface area contributed by atoms with Crippen LogP contribution < -0.4 is 5.32 Å². The monoisotopic (exact) mass is 279 g/mol. The van der Waals surface area contributed by atoms with Crippen molar-refractivity contribution in [2.75, 3.05) is 6.54 Å². The first-order valence-electron chi connectivity index (χ1n) is 6.53. The molecule has 1 aromatic carbocycles. The van der Waals surface area contributed by atoms with E-state index in [4.69, 9.17) is 9.84 Å². The molecular formula is C15H21NO4. The Morgan fingerprint density at radius 1 is 1.25 bits per heavy atom. The van der Waals surface area contributed by atoms with E-state index in [2.05, 4.69) is 5.32 Å². The minimum Gasteiger partial charge on any atom is -0.478 e. The number of nitrogens with one attached hydrogen (secondary N) is 1. The number of hydrogen-bond donors (Lipinski definition) is 2. The van der Waals surface area contributed by atoms with Gasteiger partial charge in [-0.05, 0) is 32.4 Å². The molecule has 0 atom stereocenters. The van der Waals surface area contributed by atoms with Gasteiger partial charge in [0, 0.05) is 13.1 Å².